The summed E-state index contributed by atoms with van der Waals surface area (Å²) in [6.07, 6.45) is 1.78. The first kappa shape index (κ1) is 15.2. The summed E-state index contributed by atoms with van der Waals surface area (Å²) in [5.41, 5.74) is 3.26. The van der Waals surface area contributed by atoms with Gasteiger partial charge >= 0.3 is 0 Å². The SMILES string of the molecule is CCOc1ccc(NC(C)c2ccc(C)cc2OC)cn1. The fraction of sp³-hybridized carbons (Fsp3) is 0.353. The molecule has 2 rings (SSSR count). The Morgan fingerprint density at radius 3 is 2.67 bits per heavy atom. The highest BCUT2D eigenvalue weighted by Crippen LogP contribution is 2.28. The third-order valence-corrected chi connectivity index (χ3v) is 3.27. The largest absolute Gasteiger partial charge is 0.496 e. The van der Waals surface area contributed by atoms with Gasteiger partial charge in [0, 0.05) is 11.6 Å². The highest BCUT2D eigenvalue weighted by Gasteiger charge is 2.11. The molecule has 0 amide bonds. The Morgan fingerprint density at radius 2 is 2.05 bits per heavy atom. The predicted molar refractivity (Wildman–Crippen MR) is 85.2 cm³/mol. The van der Waals surface area contributed by atoms with Gasteiger partial charge in [0.1, 0.15) is 5.75 Å². The van der Waals surface area contributed by atoms with Crippen LogP contribution in [0.2, 0.25) is 0 Å². The van der Waals surface area contributed by atoms with Gasteiger partial charge in [0.2, 0.25) is 5.88 Å². The van der Waals surface area contributed by atoms with E-state index in [1.165, 1.54) is 5.56 Å². The van der Waals surface area contributed by atoms with E-state index >= 15 is 0 Å². The summed E-state index contributed by atoms with van der Waals surface area (Å²) in [6, 6.07) is 10.2. The summed E-state index contributed by atoms with van der Waals surface area (Å²) in [7, 11) is 1.70. The van der Waals surface area contributed by atoms with Gasteiger partial charge in [-0.2, -0.15) is 0 Å². The molecule has 21 heavy (non-hydrogen) atoms. The van der Waals surface area contributed by atoms with Crippen molar-refractivity contribution in [3.8, 4) is 11.6 Å². The third kappa shape index (κ3) is 3.88. The maximum absolute atomic E-state index is 5.46. The molecule has 4 heteroatoms. The Hall–Kier alpha value is -2.23. The fourth-order valence-electron chi connectivity index (χ4n) is 2.20. The van der Waals surface area contributed by atoms with Crippen LogP contribution in [-0.2, 0) is 0 Å². The lowest BCUT2D eigenvalue weighted by atomic mass is 10.0. The molecule has 112 valence electrons. The molecule has 0 fully saturated rings. The second kappa shape index (κ2) is 6.97. The molecule has 0 saturated heterocycles. The highest BCUT2D eigenvalue weighted by molar-refractivity contribution is 5.47. The first-order valence-corrected chi connectivity index (χ1v) is 7.14. The lowest BCUT2D eigenvalue weighted by molar-refractivity contribution is 0.327. The summed E-state index contributed by atoms with van der Waals surface area (Å²) in [6.45, 7) is 6.72. The second-order valence-corrected chi connectivity index (χ2v) is 4.93. The molecule has 4 nitrogen and oxygen atoms in total. The summed E-state index contributed by atoms with van der Waals surface area (Å²) < 4.78 is 10.8. The number of aryl methyl sites for hydroxylation is 1. The summed E-state index contributed by atoms with van der Waals surface area (Å²) in [5, 5.41) is 3.42. The average molecular weight is 286 g/mol. The first-order valence-electron chi connectivity index (χ1n) is 7.14. The number of nitrogens with one attached hydrogen (secondary N) is 1. The van der Waals surface area contributed by atoms with E-state index in [4.69, 9.17) is 9.47 Å². The van der Waals surface area contributed by atoms with Crippen LogP contribution in [0.4, 0.5) is 5.69 Å². The van der Waals surface area contributed by atoms with Crippen LogP contribution in [-0.4, -0.2) is 18.7 Å². The van der Waals surface area contributed by atoms with Crippen LogP contribution in [0.3, 0.4) is 0 Å². The van der Waals surface area contributed by atoms with Crippen LogP contribution >= 0.6 is 0 Å². The topological polar surface area (TPSA) is 43.4 Å². The summed E-state index contributed by atoms with van der Waals surface area (Å²) in [5.74, 6) is 1.54. The zero-order valence-corrected chi connectivity index (χ0v) is 13.0. The zero-order valence-electron chi connectivity index (χ0n) is 13.0. The molecule has 0 aliphatic heterocycles. The van der Waals surface area contributed by atoms with Crippen molar-refractivity contribution in [2.24, 2.45) is 0 Å². The number of methoxy groups -OCH3 is 1. The Bertz CT molecular complexity index is 582. The van der Waals surface area contributed by atoms with Crippen molar-refractivity contribution in [1.82, 2.24) is 4.98 Å². The van der Waals surface area contributed by atoms with Gasteiger partial charge in [0.25, 0.3) is 0 Å². The normalized spacial score (nSPS) is 11.8. The van der Waals surface area contributed by atoms with Gasteiger partial charge in [-0.05, 0) is 38.5 Å². The molecule has 1 aromatic carbocycles. The van der Waals surface area contributed by atoms with Gasteiger partial charge in [-0.25, -0.2) is 4.98 Å². The number of hydrogen-bond donors (Lipinski definition) is 1. The Kier molecular flexibility index (Phi) is 5.04. The first-order chi connectivity index (χ1) is 10.1. The number of anilines is 1. The zero-order chi connectivity index (χ0) is 15.2. The number of rotatable bonds is 6. The summed E-state index contributed by atoms with van der Waals surface area (Å²) >= 11 is 0. The maximum atomic E-state index is 5.46. The molecule has 1 unspecified atom stereocenters. The van der Waals surface area contributed by atoms with E-state index in [0.717, 1.165) is 17.0 Å². The number of hydrogen-bond acceptors (Lipinski definition) is 4. The molecule has 0 aliphatic rings. The molecule has 0 saturated carbocycles. The lowest BCUT2D eigenvalue weighted by Crippen LogP contribution is -2.08. The number of pyridine rings is 1. The third-order valence-electron chi connectivity index (χ3n) is 3.27. The van der Waals surface area contributed by atoms with Crippen molar-refractivity contribution in [3.63, 3.8) is 0 Å². The minimum absolute atomic E-state index is 0.125. The van der Waals surface area contributed by atoms with Crippen LogP contribution in [0.1, 0.15) is 31.0 Å². The van der Waals surface area contributed by atoms with E-state index in [9.17, 15) is 0 Å². The molecule has 0 bridgehead atoms. The monoisotopic (exact) mass is 286 g/mol. The van der Waals surface area contributed by atoms with Crippen molar-refractivity contribution in [2.45, 2.75) is 26.8 Å². The van der Waals surface area contributed by atoms with E-state index in [2.05, 4.69) is 36.3 Å². The van der Waals surface area contributed by atoms with Crippen LogP contribution in [0, 0.1) is 6.92 Å². The number of benzene rings is 1. The van der Waals surface area contributed by atoms with Gasteiger partial charge < -0.3 is 14.8 Å². The molecular weight excluding hydrogens is 264 g/mol. The smallest absolute Gasteiger partial charge is 0.213 e. The van der Waals surface area contributed by atoms with Crippen LogP contribution in [0.25, 0.3) is 0 Å². The molecule has 1 N–H and O–H groups in total. The van der Waals surface area contributed by atoms with Gasteiger partial charge in [-0.3, -0.25) is 0 Å². The Balaban J connectivity index is 2.12. The van der Waals surface area contributed by atoms with Crippen molar-refractivity contribution in [3.05, 3.63) is 47.7 Å². The molecule has 2 aromatic rings. The van der Waals surface area contributed by atoms with E-state index < -0.39 is 0 Å². The van der Waals surface area contributed by atoms with Crippen LogP contribution < -0.4 is 14.8 Å². The molecule has 0 aliphatic carbocycles. The Labute approximate surface area is 126 Å². The van der Waals surface area contributed by atoms with Gasteiger partial charge in [0.05, 0.1) is 31.6 Å². The number of nitrogens with zero attached hydrogens (tertiary/aromatic N) is 1. The molecule has 0 radical (unpaired) electrons. The minimum atomic E-state index is 0.125. The average Bonchev–Trinajstić information content (AvgIpc) is 2.49. The fourth-order valence-corrected chi connectivity index (χ4v) is 2.20. The van der Waals surface area contributed by atoms with Crippen LogP contribution in [0.15, 0.2) is 36.5 Å². The van der Waals surface area contributed by atoms with Gasteiger partial charge in [-0.1, -0.05) is 12.1 Å². The van der Waals surface area contributed by atoms with Crippen molar-refractivity contribution in [1.29, 1.82) is 0 Å². The standard InChI is InChI=1S/C17H22N2O2/c1-5-21-17-9-7-14(11-18-17)19-13(3)15-8-6-12(2)10-16(15)20-4/h6-11,13,19H,5H2,1-4H3. The molecule has 0 spiro atoms. The van der Waals surface area contributed by atoms with E-state index in [-0.39, 0.29) is 6.04 Å². The summed E-state index contributed by atoms with van der Waals surface area (Å²) in [4.78, 5) is 4.26. The molecular formula is C17H22N2O2. The quantitative estimate of drug-likeness (QED) is 0.872. The van der Waals surface area contributed by atoms with Crippen LogP contribution in [0.5, 0.6) is 11.6 Å². The lowest BCUT2D eigenvalue weighted by Gasteiger charge is -2.18. The maximum Gasteiger partial charge on any atom is 0.213 e. The number of ether oxygens (including phenoxy) is 2. The van der Waals surface area contributed by atoms with Gasteiger partial charge in [0.15, 0.2) is 0 Å². The minimum Gasteiger partial charge on any atom is -0.496 e. The van der Waals surface area contributed by atoms with Crippen molar-refractivity contribution in [2.75, 3.05) is 19.0 Å². The molecule has 1 atom stereocenters. The van der Waals surface area contributed by atoms with Crippen molar-refractivity contribution >= 4 is 5.69 Å². The van der Waals surface area contributed by atoms with Gasteiger partial charge in [-0.15, -0.1) is 0 Å². The van der Waals surface area contributed by atoms with E-state index in [1.54, 1.807) is 13.3 Å². The van der Waals surface area contributed by atoms with E-state index in [0.29, 0.717) is 12.5 Å². The predicted octanol–water partition coefficient (Wildman–Crippen LogP) is 3.97. The Morgan fingerprint density at radius 1 is 1.24 bits per heavy atom. The number of aromatic nitrogens is 1. The van der Waals surface area contributed by atoms with Crippen molar-refractivity contribution < 1.29 is 9.47 Å². The molecule has 1 aromatic heterocycles. The molecule has 1 heterocycles. The second-order valence-electron chi connectivity index (χ2n) is 4.93. The highest BCUT2D eigenvalue weighted by atomic mass is 16.5. The van der Waals surface area contributed by atoms with E-state index in [1.807, 2.05) is 25.1 Å².